The summed E-state index contributed by atoms with van der Waals surface area (Å²) in [5.74, 6) is 0.713. The average molecular weight is 405 g/mol. The van der Waals surface area contributed by atoms with Gasteiger partial charge in [0.05, 0.1) is 24.1 Å². The lowest BCUT2D eigenvalue weighted by molar-refractivity contribution is 0.252. The molecule has 0 aliphatic heterocycles. The van der Waals surface area contributed by atoms with Crippen molar-refractivity contribution >= 4 is 17.5 Å². The van der Waals surface area contributed by atoms with Crippen molar-refractivity contribution in [3.8, 4) is 11.3 Å². The number of nitrogens with one attached hydrogen (secondary N) is 3. The number of aromatic nitrogens is 3. The van der Waals surface area contributed by atoms with Gasteiger partial charge in [-0.25, -0.2) is 9.78 Å². The van der Waals surface area contributed by atoms with Gasteiger partial charge < -0.3 is 16.0 Å². The van der Waals surface area contributed by atoms with Crippen LogP contribution in [0.2, 0.25) is 0 Å². The van der Waals surface area contributed by atoms with Crippen molar-refractivity contribution in [2.45, 2.75) is 40.2 Å². The van der Waals surface area contributed by atoms with E-state index in [1.807, 2.05) is 44.3 Å². The van der Waals surface area contributed by atoms with Crippen LogP contribution in [0.15, 0.2) is 49.1 Å². The van der Waals surface area contributed by atoms with Crippen LogP contribution in [0.3, 0.4) is 0 Å². The quantitative estimate of drug-likeness (QED) is 0.523. The molecule has 0 aliphatic rings. The van der Waals surface area contributed by atoms with Crippen LogP contribution >= 0.6 is 0 Å². The Morgan fingerprint density at radius 3 is 2.57 bits per heavy atom. The van der Waals surface area contributed by atoms with Crippen LogP contribution in [0.5, 0.6) is 0 Å². The molecule has 0 fully saturated rings. The van der Waals surface area contributed by atoms with E-state index < -0.39 is 0 Å². The van der Waals surface area contributed by atoms with Gasteiger partial charge in [0.25, 0.3) is 0 Å². The van der Waals surface area contributed by atoms with Crippen LogP contribution in [0.1, 0.15) is 43.0 Å². The van der Waals surface area contributed by atoms with Gasteiger partial charge in [-0.1, -0.05) is 13.0 Å². The molecule has 2 heterocycles. The average Bonchev–Trinajstić information content (AvgIpc) is 2.74. The zero-order valence-corrected chi connectivity index (χ0v) is 17.9. The van der Waals surface area contributed by atoms with Crippen molar-refractivity contribution < 1.29 is 4.79 Å². The Morgan fingerprint density at radius 1 is 1.03 bits per heavy atom. The number of carbonyl (C=O) groups excluding carboxylic acids is 1. The van der Waals surface area contributed by atoms with Crippen molar-refractivity contribution in [1.29, 1.82) is 0 Å². The molecule has 2 aromatic heterocycles. The van der Waals surface area contributed by atoms with E-state index in [2.05, 4.69) is 39.8 Å². The third-order valence-corrected chi connectivity index (χ3v) is 4.93. The second-order valence-electron chi connectivity index (χ2n) is 7.14. The molecule has 0 spiro atoms. The summed E-state index contributed by atoms with van der Waals surface area (Å²) in [6.45, 7) is 8.64. The molecule has 7 nitrogen and oxygen atoms in total. The predicted octanol–water partition coefficient (Wildman–Crippen LogP) is 4.86. The van der Waals surface area contributed by atoms with Crippen molar-refractivity contribution in [1.82, 2.24) is 20.3 Å². The fourth-order valence-corrected chi connectivity index (χ4v) is 3.28. The number of nitrogens with zero attached hydrogens (tertiary/aromatic N) is 3. The standard InChI is InChI=1S/C23H28N6O/c1-5-19(18-12-24-10-9-15(18)3)27-22-14-25-13-21(28-22)17-7-8-20(16(4)11-17)29-23(30)26-6-2/h7-14,19H,5-6H2,1-4H3,(H,27,28)(H2,26,29,30). The predicted molar refractivity (Wildman–Crippen MR) is 121 cm³/mol. The Balaban J connectivity index is 1.80. The van der Waals surface area contributed by atoms with Gasteiger partial charge in [-0.15, -0.1) is 0 Å². The molecule has 0 saturated heterocycles. The molecule has 0 saturated carbocycles. The monoisotopic (exact) mass is 404 g/mol. The number of hydrogen-bond acceptors (Lipinski definition) is 5. The molecule has 7 heteroatoms. The van der Waals surface area contributed by atoms with Crippen LogP contribution < -0.4 is 16.0 Å². The molecular weight excluding hydrogens is 376 g/mol. The molecule has 1 unspecified atom stereocenters. The fraction of sp³-hybridized carbons (Fsp3) is 0.304. The van der Waals surface area contributed by atoms with Crippen molar-refractivity contribution in [3.05, 3.63) is 65.7 Å². The Kier molecular flexibility index (Phi) is 6.95. The minimum absolute atomic E-state index is 0.105. The minimum atomic E-state index is -0.212. The second kappa shape index (κ2) is 9.82. The maximum absolute atomic E-state index is 11.8. The van der Waals surface area contributed by atoms with Crippen molar-refractivity contribution in [3.63, 3.8) is 0 Å². The molecule has 2 amide bonds. The molecule has 3 rings (SSSR count). The number of rotatable bonds is 7. The Hall–Kier alpha value is -3.48. The SMILES string of the molecule is CCNC(=O)Nc1ccc(-c2cncc(NC(CC)c3cnccc3C)n2)cc1C. The first-order chi connectivity index (χ1) is 14.5. The Morgan fingerprint density at radius 2 is 1.87 bits per heavy atom. The van der Waals surface area contributed by atoms with E-state index in [-0.39, 0.29) is 12.1 Å². The van der Waals surface area contributed by atoms with E-state index in [4.69, 9.17) is 4.98 Å². The lowest BCUT2D eigenvalue weighted by Gasteiger charge is -2.19. The molecule has 3 aromatic rings. The van der Waals surface area contributed by atoms with E-state index in [0.29, 0.717) is 12.4 Å². The summed E-state index contributed by atoms with van der Waals surface area (Å²) in [4.78, 5) is 25.2. The highest BCUT2D eigenvalue weighted by atomic mass is 16.2. The highest BCUT2D eigenvalue weighted by molar-refractivity contribution is 5.90. The van der Waals surface area contributed by atoms with E-state index in [1.165, 1.54) is 5.56 Å². The molecule has 156 valence electrons. The van der Waals surface area contributed by atoms with Gasteiger partial charge in [-0.2, -0.15) is 0 Å². The van der Waals surface area contributed by atoms with E-state index >= 15 is 0 Å². The van der Waals surface area contributed by atoms with E-state index in [9.17, 15) is 4.79 Å². The summed E-state index contributed by atoms with van der Waals surface area (Å²) in [5.41, 5.74) is 5.78. The zero-order chi connectivity index (χ0) is 21.5. The number of anilines is 2. The van der Waals surface area contributed by atoms with Crippen molar-refractivity contribution in [2.24, 2.45) is 0 Å². The van der Waals surface area contributed by atoms with Gasteiger partial charge in [-0.05, 0) is 62.1 Å². The van der Waals surface area contributed by atoms with Gasteiger partial charge in [-0.3, -0.25) is 9.97 Å². The molecule has 1 atom stereocenters. The molecule has 1 aromatic carbocycles. The first kappa shape index (κ1) is 21.2. The molecule has 30 heavy (non-hydrogen) atoms. The van der Waals surface area contributed by atoms with E-state index in [0.717, 1.165) is 34.5 Å². The number of pyridine rings is 1. The van der Waals surface area contributed by atoms with Crippen LogP contribution in [-0.4, -0.2) is 27.5 Å². The van der Waals surface area contributed by atoms with Gasteiger partial charge in [0.15, 0.2) is 0 Å². The summed E-state index contributed by atoms with van der Waals surface area (Å²) >= 11 is 0. The summed E-state index contributed by atoms with van der Waals surface area (Å²) in [5, 5.41) is 9.07. The van der Waals surface area contributed by atoms with Gasteiger partial charge >= 0.3 is 6.03 Å². The third-order valence-electron chi connectivity index (χ3n) is 4.93. The zero-order valence-electron chi connectivity index (χ0n) is 17.9. The number of amides is 2. The number of urea groups is 1. The highest BCUT2D eigenvalue weighted by Crippen LogP contribution is 2.26. The van der Waals surface area contributed by atoms with Gasteiger partial charge in [0.2, 0.25) is 0 Å². The Bertz CT molecular complexity index is 1020. The Labute approximate surface area is 177 Å². The smallest absolute Gasteiger partial charge is 0.319 e. The normalized spacial score (nSPS) is 11.6. The first-order valence-corrected chi connectivity index (χ1v) is 10.2. The number of carbonyl (C=O) groups is 1. The minimum Gasteiger partial charge on any atom is -0.362 e. The summed E-state index contributed by atoms with van der Waals surface area (Å²) in [6, 6.07) is 7.73. The van der Waals surface area contributed by atoms with E-state index in [1.54, 1.807) is 18.6 Å². The first-order valence-electron chi connectivity index (χ1n) is 10.2. The van der Waals surface area contributed by atoms with Crippen LogP contribution in [0, 0.1) is 13.8 Å². The van der Waals surface area contributed by atoms with Crippen LogP contribution in [0.4, 0.5) is 16.3 Å². The molecule has 3 N–H and O–H groups in total. The molecular formula is C23H28N6O. The number of benzene rings is 1. The van der Waals surface area contributed by atoms with Gasteiger partial charge in [0, 0.05) is 30.2 Å². The summed E-state index contributed by atoms with van der Waals surface area (Å²) in [6.07, 6.45) is 8.08. The lowest BCUT2D eigenvalue weighted by Crippen LogP contribution is -2.28. The topological polar surface area (TPSA) is 91.8 Å². The number of hydrogen-bond donors (Lipinski definition) is 3. The third kappa shape index (κ3) is 5.11. The fourth-order valence-electron chi connectivity index (χ4n) is 3.28. The molecule has 0 bridgehead atoms. The lowest BCUT2D eigenvalue weighted by atomic mass is 10.0. The van der Waals surface area contributed by atoms with Crippen LogP contribution in [0.25, 0.3) is 11.3 Å². The maximum Gasteiger partial charge on any atom is 0.319 e. The van der Waals surface area contributed by atoms with Crippen LogP contribution in [-0.2, 0) is 0 Å². The molecule has 0 radical (unpaired) electrons. The molecule has 0 aliphatic carbocycles. The summed E-state index contributed by atoms with van der Waals surface area (Å²) in [7, 11) is 0. The number of aryl methyl sites for hydroxylation is 2. The summed E-state index contributed by atoms with van der Waals surface area (Å²) < 4.78 is 0. The highest BCUT2D eigenvalue weighted by Gasteiger charge is 2.14. The largest absolute Gasteiger partial charge is 0.362 e. The van der Waals surface area contributed by atoms with Gasteiger partial charge in [0.1, 0.15) is 5.82 Å². The maximum atomic E-state index is 11.8. The second-order valence-corrected chi connectivity index (χ2v) is 7.14. The van der Waals surface area contributed by atoms with Crippen molar-refractivity contribution in [2.75, 3.05) is 17.2 Å².